The zero-order valence-electron chi connectivity index (χ0n) is 17.5. The Bertz CT molecular complexity index is 1070. The van der Waals surface area contributed by atoms with Gasteiger partial charge in [0.15, 0.2) is 0 Å². The highest BCUT2D eigenvalue weighted by Crippen LogP contribution is 2.26. The second kappa shape index (κ2) is 8.89. The zero-order chi connectivity index (χ0) is 22.7. The molecule has 0 radical (unpaired) electrons. The maximum atomic E-state index is 12.7. The first-order valence-electron chi connectivity index (χ1n) is 10.2. The predicted octanol–water partition coefficient (Wildman–Crippen LogP) is 2.73. The van der Waals surface area contributed by atoms with Crippen molar-refractivity contribution in [1.29, 1.82) is 0 Å². The zero-order valence-corrected chi connectivity index (χ0v) is 17.5. The molecule has 32 heavy (non-hydrogen) atoms. The molecule has 2 aliphatic rings. The summed E-state index contributed by atoms with van der Waals surface area (Å²) in [6, 6.07) is 5.24. The van der Waals surface area contributed by atoms with E-state index in [9.17, 15) is 18.0 Å². The summed E-state index contributed by atoms with van der Waals surface area (Å²) < 4.78 is 38.2. The van der Waals surface area contributed by atoms with Gasteiger partial charge >= 0.3 is 6.18 Å². The lowest BCUT2D eigenvalue weighted by Crippen LogP contribution is -2.47. The van der Waals surface area contributed by atoms with Gasteiger partial charge < -0.3 is 10.2 Å². The van der Waals surface area contributed by atoms with Crippen LogP contribution < -0.4 is 16.2 Å². The molecule has 170 valence electrons. The molecule has 0 spiro atoms. The second-order valence-electron chi connectivity index (χ2n) is 7.79. The first-order chi connectivity index (χ1) is 15.3. The van der Waals surface area contributed by atoms with E-state index in [4.69, 9.17) is 0 Å². The summed E-state index contributed by atoms with van der Waals surface area (Å²) in [6.07, 6.45) is 1.77. The Hall–Kier alpha value is -3.56. The summed E-state index contributed by atoms with van der Waals surface area (Å²) in [5.74, 6) is 0.528. The van der Waals surface area contributed by atoms with Crippen LogP contribution in [0.2, 0.25) is 0 Å². The third-order valence-electron chi connectivity index (χ3n) is 5.31. The molecule has 0 aromatic carbocycles. The molecule has 10 heteroatoms. The molecular formula is C22H25F3N6O. The minimum absolute atomic E-state index is 0. The number of rotatable bonds is 5. The average molecular weight is 446 g/mol. The van der Waals surface area contributed by atoms with Crippen molar-refractivity contribution in [1.82, 2.24) is 31.0 Å². The number of halogens is 3. The first-order valence-corrected chi connectivity index (χ1v) is 10.2. The van der Waals surface area contributed by atoms with Crippen LogP contribution in [0.5, 0.6) is 0 Å². The van der Waals surface area contributed by atoms with Crippen LogP contribution in [-0.2, 0) is 30.7 Å². The van der Waals surface area contributed by atoms with Crippen molar-refractivity contribution in [3.05, 3.63) is 82.3 Å². The average Bonchev–Trinajstić information content (AvgIpc) is 2.76. The van der Waals surface area contributed by atoms with Crippen molar-refractivity contribution in [2.75, 3.05) is 6.54 Å². The van der Waals surface area contributed by atoms with Gasteiger partial charge in [0, 0.05) is 51.8 Å². The van der Waals surface area contributed by atoms with Gasteiger partial charge in [0.1, 0.15) is 11.5 Å². The molecular weight excluding hydrogens is 421 g/mol. The van der Waals surface area contributed by atoms with Crippen molar-refractivity contribution in [2.45, 2.75) is 39.0 Å². The van der Waals surface area contributed by atoms with Gasteiger partial charge in [0.2, 0.25) is 0 Å². The summed E-state index contributed by atoms with van der Waals surface area (Å²) >= 11 is 0. The molecule has 1 amide bonds. The van der Waals surface area contributed by atoms with E-state index >= 15 is 0 Å². The predicted molar refractivity (Wildman–Crippen MR) is 113 cm³/mol. The van der Waals surface area contributed by atoms with Crippen LogP contribution in [0.3, 0.4) is 0 Å². The Morgan fingerprint density at radius 3 is 2.75 bits per heavy atom. The van der Waals surface area contributed by atoms with Gasteiger partial charge in [0.05, 0.1) is 6.42 Å². The van der Waals surface area contributed by atoms with Crippen LogP contribution in [0, 0.1) is 0 Å². The maximum Gasteiger partial charge on any atom is 0.393 e. The van der Waals surface area contributed by atoms with Gasteiger partial charge in [0.25, 0.3) is 5.91 Å². The number of amides is 1. The van der Waals surface area contributed by atoms with Gasteiger partial charge in [-0.2, -0.15) is 13.2 Å². The van der Waals surface area contributed by atoms with Crippen molar-refractivity contribution in [3.8, 4) is 0 Å². The van der Waals surface area contributed by atoms with Crippen molar-refractivity contribution < 1.29 is 19.4 Å². The number of fused-ring (bicyclic) bond motifs is 1. The highest BCUT2D eigenvalue weighted by Gasteiger charge is 2.29. The molecule has 7 nitrogen and oxygen atoms in total. The van der Waals surface area contributed by atoms with Gasteiger partial charge in [-0.1, -0.05) is 6.07 Å². The molecule has 0 unspecified atom stereocenters. The molecule has 2 aromatic heterocycles. The third kappa shape index (κ3) is 5.19. The monoisotopic (exact) mass is 446 g/mol. The number of nitrogens with zero attached hydrogens (tertiary/aromatic N) is 3. The third-order valence-corrected chi connectivity index (χ3v) is 5.31. The summed E-state index contributed by atoms with van der Waals surface area (Å²) in [5.41, 5.74) is 9.92. The molecule has 2 aromatic rings. The quantitative estimate of drug-likeness (QED) is 0.655. The number of pyridine rings is 2. The van der Waals surface area contributed by atoms with E-state index in [1.165, 1.54) is 6.20 Å². The molecule has 4 rings (SSSR count). The lowest BCUT2D eigenvalue weighted by Gasteiger charge is -2.35. The Balaban J connectivity index is 0.00000306. The van der Waals surface area contributed by atoms with E-state index in [0.29, 0.717) is 31.8 Å². The molecule has 3 N–H and O–H groups in total. The van der Waals surface area contributed by atoms with Gasteiger partial charge in [-0.05, 0) is 47.4 Å². The van der Waals surface area contributed by atoms with Gasteiger partial charge in [-0.25, -0.2) is 0 Å². The highest BCUT2D eigenvalue weighted by molar-refractivity contribution is 5.93. The van der Waals surface area contributed by atoms with E-state index in [2.05, 4.69) is 26.1 Å². The smallest absolute Gasteiger partial charge is 0.352 e. The highest BCUT2D eigenvalue weighted by atomic mass is 19.4. The number of carbonyl (C=O) groups is 1. The number of nitrogens with one attached hydrogen (secondary N) is 3. The van der Waals surface area contributed by atoms with E-state index in [1.807, 2.05) is 24.0 Å². The topological polar surface area (TPSA) is 82.2 Å². The number of hydrogen-bond donors (Lipinski definition) is 3. The normalized spacial score (nSPS) is 16.0. The summed E-state index contributed by atoms with van der Waals surface area (Å²) in [4.78, 5) is 22.7. The molecule has 0 saturated carbocycles. The molecule has 0 aliphatic carbocycles. The Labute approximate surface area is 184 Å². The first kappa shape index (κ1) is 21.7. The molecule has 2 aliphatic heterocycles. The van der Waals surface area contributed by atoms with Crippen LogP contribution in [0.25, 0.3) is 0 Å². The van der Waals surface area contributed by atoms with Gasteiger partial charge in [-0.15, -0.1) is 0 Å². The fraction of sp³-hybridized carbons (Fsp3) is 0.318. The van der Waals surface area contributed by atoms with Crippen LogP contribution in [-0.4, -0.2) is 33.5 Å². The van der Waals surface area contributed by atoms with E-state index in [0.717, 1.165) is 28.2 Å². The number of allylic oxidation sites excluding steroid dienone is 2. The van der Waals surface area contributed by atoms with Crippen molar-refractivity contribution in [2.24, 2.45) is 0 Å². The number of aromatic nitrogens is 2. The van der Waals surface area contributed by atoms with Gasteiger partial charge in [-0.3, -0.25) is 25.6 Å². The Morgan fingerprint density at radius 2 is 2.03 bits per heavy atom. The lowest BCUT2D eigenvalue weighted by molar-refractivity contribution is -0.127. The molecule has 0 atom stereocenters. The standard InChI is InChI=1S/C22H23F3N6O.H2/c1-14-8-19(21(32)28-11-15-2-5-26-6-3-15)29-30-20(14)31-7-4-18-17(13-31)9-16(12-27-18)10-22(23,24)25;/h2-3,5-6,8-9,12,29-30H,4,7,10-11,13H2,1H3,(H,28,32);1H. The maximum absolute atomic E-state index is 12.7. The molecule has 0 fully saturated rings. The minimum Gasteiger partial charge on any atom is -0.352 e. The van der Waals surface area contributed by atoms with E-state index < -0.39 is 12.6 Å². The van der Waals surface area contributed by atoms with E-state index in [-0.39, 0.29) is 12.9 Å². The summed E-state index contributed by atoms with van der Waals surface area (Å²) in [5, 5.41) is 2.85. The fourth-order valence-corrected chi connectivity index (χ4v) is 3.77. The van der Waals surface area contributed by atoms with Crippen LogP contribution in [0.4, 0.5) is 13.2 Å². The van der Waals surface area contributed by atoms with E-state index in [1.54, 1.807) is 24.5 Å². The number of alkyl halides is 3. The minimum atomic E-state index is -4.27. The number of carbonyl (C=O) groups excluding carboxylic acids is 1. The fourth-order valence-electron chi connectivity index (χ4n) is 3.77. The van der Waals surface area contributed by atoms with Crippen molar-refractivity contribution in [3.63, 3.8) is 0 Å². The molecule has 0 saturated heterocycles. The number of hydrogen-bond acceptors (Lipinski definition) is 6. The van der Waals surface area contributed by atoms with Crippen LogP contribution >= 0.6 is 0 Å². The van der Waals surface area contributed by atoms with Crippen molar-refractivity contribution >= 4 is 5.91 Å². The summed E-state index contributed by atoms with van der Waals surface area (Å²) in [7, 11) is 0. The SMILES string of the molecule is CC1=C(N2CCc3ncc(CC(F)(F)F)cc3C2)NNC(C(=O)NCc2ccncc2)=C1.[HH]. The van der Waals surface area contributed by atoms with Crippen LogP contribution in [0.1, 0.15) is 30.7 Å². The molecule has 4 heterocycles. The Kier molecular flexibility index (Phi) is 6.02. The summed E-state index contributed by atoms with van der Waals surface area (Å²) in [6.45, 7) is 3.36. The lowest BCUT2D eigenvalue weighted by atomic mass is 10.0. The molecule has 0 bridgehead atoms. The second-order valence-corrected chi connectivity index (χ2v) is 7.79. The largest absolute Gasteiger partial charge is 0.393 e. The number of hydrazine groups is 1. The Morgan fingerprint density at radius 1 is 1.25 bits per heavy atom. The van der Waals surface area contributed by atoms with Crippen LogP contribution in [0.15, 0.2) is 60.0 Å².